The van der Waals surface area contributed by atoms with Crippen molar-refractivity contribution in [3.05, 3.63) is 11.4 Å². The first-order valence-electron chi connectivity index (χ1n) is 6.24. The van der Waals surface area contributed by atoms with E-state index in [1.807, 2.05) is 20.8 Å². The number of nitrogens with zero attached hydrogens (tertiary/aromatic N) is 2. The molecule has 0 aromatic carbocycles. The van der Waals surface area contributed by atoms with Crippen LogP contribution in [-0.4, -0.2) is 27.0 Å². The van der Waals surface area contributed by atoms with Gasteiger partial charge in [-0.05, 0) is 27.2 Å². The molecule has 0 amide bonds. The Labute approximate surface area is 107 Å². The van der Waals surface area contributed by atoms with Crippen LogP contribution in [0.5, 0.6) is 0 Å². The standard InChI is InChI=1S/C12H22N4O2/c1-5-6-7-8(13)9-10(15-16-14-9)11(17)18-12(2,3)4/h8H,5-7,13H2,1-4H3,(H,14,15,16). The molecule has 1 heterocycles. The van der Waals surface area contributed by atoms with Gasteiger partial charge in [0.25, 0.3) is 0 Å². The highest BCUT2D eigenvalue weighted by molar-refractivity contribution is 5.88. The molecule has 3 N–H and O–H groups in total. The zero-order chi connectivity index (χ0) is 13.8. The molecular weight excluding hydrogens is 232 g/mol. The molecule has 0 aliphatic rings. The van der Waals surface area contributed by atoms with Crippen molar-refractivity contribution >= 4 is 5.97 Å². The van der Waals surface area contributed by atoms with Crippen LogP contribution in [0.1, 0.15) is 69.2 Å². The SMILES string of the molecule is CCCCC(N)c1n[nH]nc1C(=O)OC(C)(C)C. The molecule has 1 aromatic rings. The fraction of sp³-hybridized carbons (Fsp3) is 0.750. The van der Waals surface area contributed by atoms with Crippen LogP contribution in [0.4, 0.5) is 0 Å². The lowest BCUT2D eigenvalue weighted by Gasteiger charge is -2.19. The molecule has 0 saturated heterocycles. The molecule has 0 aliphatic carbocycles. The van der Waals surface area contributed by atoms with E-state index < -0.39 is 11.6 Å². The molecule has 1 atom stereocenters. The summed E-state index contributed by atoms with van der Waals surface area (Å²) < 4.78 is 5.26. The van der Waals surface area contributed by atoms with Crippen LogP contribution in [0.3, 0.4) is 0 Å². The minimum absolute atomic E-state index is 0.188. The van der Waals surface area contributed by atoms with Gasteiger partial charge in [0.2, 0.25) is 0 Å². The third-order valence-corrected chi connectivity index (χ3v) is 2.39. The molecule has 102 valence electrons. The number of rotatable bonds is 5. The lowest BCUT2D eigenvalue weighted by molar-refractivity contribution is 0.00609. The summed E-state index contributed by atoms with van der Waals surface area (Å²) in [5.41, 5.74) is 6.12. The van der Waals surface area contributed by atoms with Gasteiger partial charge >= 0.3 is 5.97 Å². The molecule has 0 saturated carbocycles. The van der Waals surface area contributed by atoms with Gasteiger partial charge in [-0.3, -0.25) is 0 Å². The van der Waals surface area contributed by atoms with E-state index in [1.54, 1.807) is 0 Å². The van der Waals surface area contributed by atoms with Crippen molar-refractivity contribution in [1.82, 2.24) is 15.4 Å². The summed E-state index contributed by atoms with van der Waals surface area (Å²) >= 11 is 0. The number of carbonyl (C=O) groups excluding carboxylic acids is 1. The molecule has 0 aliphatic heterocycles. The van der Waals surface area contributed by atoms with Gasteiger partial charge in [-0.25, -0.2) is 4.79 Å². The minimum Gasteiger partial charge on any atom is -0.455 e. The van der Waals surface area contributed by atoms with Crippen LogP contribution in [0, 0.1) is 0 Å². The number of nitrogens with two attached hydrogens (primary N) is 1. The van der Waals surface area contributed by atoms with Gasteiger partial charge in [-0.15, -0.1) is 5.10 Å². The number of nitrogens with one attached hydrogen (secondary N) is 1. The Morgan fingerprint density at radius 2 is 2.11 bits per heavy atom. The van der Waals surface area contributed by atoms with E-state index in [0.29, 0.717) is 5.69 Å². The quantitative estimate of drug-likeness (QED) is 0.783. The second-order valence-corrected chi connectivity index (χ2v) is 5.31. The summed E-state index contributed by atoms with van der Waals surface area (Å²) in [4.78, 5) is 11.9. The second kappa shape index (κ2) is 5.95. The monoisotopic (exact) mass is 254 g/mol. The van der Waals surface area contributed by atoms with Crippen molar-refractivity contribution in [2.75, 3.05) is 0 Å². The third-order valence-electron chi connectivity index (χ3n) is 2.39. The molecule has 6 nitrogen and oxygen atoms in total. The van der Waals surface area contributed by atoms with Crippen molar-refractivity contribution in [2.24, 2.45) is 5.73 Å². The minimum atomic E-state index is -0.555. The van der Waals surface area contributed by atoms with Crippen molar-refractivity contribution in [3.63, 3.8) is 0 Å². The first-order chi connectivity index (χ1) is 8.35. The van der Waals surface area contributed by atoms with Gasteiger partial charge < -0.3 is 10.5 Å². The number of unbranched alkanes of at least 4 members (excludes halogenated alkanes) is 1. The van der Waals surface area contributed by atoms with Crippen LogP contribution in [-0.2, 0) is 4.74 Å². The van der Waals surface area contributed by atoms with E-state index in [0.717, 1.165) is 19.3 Å². The van der Waals surface area contributed by atoms with Crippen LogP contribution >= 0.6 is 0 Å². The summed E-state index contributed by atoms with van der Waals surface area (Å²) in [6, 6.07) is -0.286. The van der Waals surface area contributed by atoms with E-state index in [4.69, 9.17) is 10.5 Å². The molecule has 6 heteroatoms. The first-order valence-corrected chi connectivity index (χ1v) is 6.24. The average Bonchev–Trinajstić information content (AvgIpc) is 2.72. The van der Waals surface area contributed by atoms with E-state index in [-0.39, 0.29) is 11.7 Å². The fourth-order valence-electron chi connectivity index (χ4n) is 1.54. The topological polar surface area (TPSA) is 93.9 Å². The Hall–Kier alpha value is -1.43. The van der Waals surface area contributed by atoms with Crippen molar-refractivity contribution in [3.8, 4) is 0 Å². The molecule has 18 heavy (non-hydrogen) atoms. The Morgan fingerprint density at radius 1 is 1.44 bits per heavy atom. The maximum atomic E-state index is 11.9. The first kappa shape index (κ1) is 14.6. The molecule has 1 unspecified atom stereocenters. The van der Waals surface area contributed by atoms with Gasteiger partial charge in [0.05, 0.1) is 6.04 Å². The van der Waals surface area contributed by atoms with Gasteiger partial charge in [0.1, 0.15) is 11.3 Å². The Balaban J connectivity index is 2.78. The number of aromatic amines is 1. The lowest BCUT2D eigenvalue weighted by atomic mass is 10.1. The number of aromatic nitrogens is 3. The third kappa shape index (κ3) is 4.10. The number of H-pyrrole nitrogens is 1. The number of esters is 1. The van der Waals surface area contributed by atoms with Crippen molar-refractivity contribution in [2.45, 2.75) is 58.6 Å². The van der Waals surface area contributed by atoms with Gasteiger partial charge in [0, 0.05) is 0 Å². The Bertz CT molecular complexity index is 395. The summed E-state index contributed by atoms with van der Waals surface area (Å²) in [6.45, 7) is 7.51. The Kier molecular flexibility index (Phi) is 4.84. The van der Waals surface area contributed by atoms with Crippen LogP contribution in [0.2, 0.25) is 0 Å². The van der Waals surface area contributed by atoms with E-state index >= 15 is 0 Å². The number of ether oxygens (including phenoxy) is 1. The van der Waals surface area contributed by atoms with Crippen molar-refractivity contribution in [1.29, 1.82) is 0 Å². The highest BCUT2D eigenvalue weighted by atomic mass is 16.6. The van der Waals surface area contributed by atoms with Crippen LogP contribution < -0.4 is 5.73 Å². The second-order valence-electron chi connectivity index (χ2n) is 5.31. The maximum Gasteiger partial charge on any atom is 0.361 e. The van der Waals surface area contributed by atoms with Gasteiger partial charge in [0.15, 0.2) is 5.69 Å². The highest BCUT2D eigenvalue weighted by Crippen LogP contribution is 2.19. The zero-order valence-electron chi connectivity index (χ0n) is 11.5. The van der Waals surface area contributed by atoms with Crippen molar-refractivity contribution < 1.29 is 9.53 Å². The predicted molar refractivity (Wildman–Crippen MR) is 68.0 cm³/mol. The zero-order valence-corrected chi connectivity index (χ0v) is 11.5. The highest BCUT2D eigenvalue weighted by Gasteiger charge is 2.26. The fourth-order valence-corrected chi connectivity index (χ4v) is 1.54. The molecule has 0 spiro atoms. The molecule has 1 aromatic heterocycles. The molecular formula is C12H22N4O2. The number of carbonyl (C=O) groups is 1. The lowest BCUT2D eigenvalue weighted by Crippen LogP contribution is -2.25. The van der Waals surface area contributed by atoms with Crippen LogP contribution in [0.25, 0.3) is 0 Å². The summed E-state index contributed by atoms with van der Waals surface area (Å²) in [5, 5.41) is 10.2. The average molecular weight is 254 g/mol. The largest absolute Gasteiger partial charge is 0.455 e. The molecule has 0 fully saturated rings. The number of hydrogen-bond acceptors (Lipinski definition) is 5. The molecule has 0 radical (unpaired) electrons. The van der Waals surface area contributed by atoms with Gasteiger partial charge in [-0.1, -0.05) is 19.8 Å². The summed E-state index contributed by atoms with van der Waals surface area (Å²) in [5.74, 6) is -0.488. The summed E-state index contributed by atoms with van der Waals surface area (Å²) in [7, 11) is 0. The summed E-state index contributed by atoms with van der Waals surface area (Å²) in [6.07, 6.45) is 2.81. The van der Waals surface area contributed by atoms with E-state index in [2.05, 4.69) is 22.3 Å². The Morgan fingerprint density at radius 3 is 2.67 bits per heavy atom. The van der Waals surface area contributed by atoms with E-state index in [1.165, 1.54) is 0 Å². The smallest absolute Gasteiger partial charge is 0.361 e. The normalized spacial score (nSPS) is 13.4. The predicted octanol–water partition coefficient (Wildman–Crippen LogP) is 1.95. The molecule has 0 bridgehead atoms. The van der Waals surface area contributed by atoms with Crippen LogP contribution in [0.15, 0.2) is 0 Å². The molecule has 1 rings (SSSR count). The van der Waals surface area contributed by atoms with Gasteiger partial charge in [-0.2, -0.15) is 10.3 Å². The maximum absolute atomic E-state index is 11.9. The van der Waals surface area contributed by atoms with E-state index in [9.17, 15) is 4.79 Å². The number of hydrogen-bond donors (Lipinski definition) is 2.